The van der Waals surface area contributed by atoms with Gasteiger partial charge in [-0.15, -0.1) is 0 Å². The maximum absolute atomic E-state index is 13.0. The average molecular weight is 223 g/mol. The maximum atomic E-state index is 13.0. The zero-order valence-electron chi connectivity index (χ0n) is 9.87. The van der Waals surface area contributed by atoms with Gasteiger partial charge in [-0.25, -0.2) is 4.39 Å². The molecule has 0 bridgehead atoms. The summed E-state index contributed by atoms with van der Waals surface area (Å²) in [4.78, 5) is 13.0. The summed E-state index contributed by atoms with van der Waals surface area (Å²) in [6.07, 6.45) is 2.89. The second-order valence-electron chi connectivity index (χ2n) is 3.75. The first-order chi connectivity index (χ1) is 7.72. The Balaban J connectivity index is 2.94. The maximum Gasteiger partial charge on any atom is 0.152 e. The van der Waals surface area contributed by atoms with E-state index in [-0.39, 0.29) is 5.82 Å². The topological polar surface area (TPSA) is 20.3 Å². The van der Waals surface area contributed by atoms with Crippen LogP contribution in [0.5, 0.6) is 0 Å². The first-order valence-electron chi connectivity index (χ1n) is 5.72. The van der Waals surface area contributed by atoms with E-state index in [1.165, 1.54) is 12.1 Å². The smallest absolute Gasteiger partial charge is 0.152 e. The molecule has 0 amide bonds. The van der Waals surface area contributed by atoms with E-state index in [0.717, 1.165) is 31.6 Å². The summed E-state index contributed by atoms with van der Waals surface area (Å²) < 4.78 is 13.0. The fourth-order valence-electron chi connectivity index (χ4n) is 1.71. The quantitative estimate of drug-likeness (QED) is 0.690. The molecule has 0 spiro atoms. The van der Waals surface area contributed by atoms with Gasteiger partial charge in [-0.05, 0) is 31.5 Å². The Hall–Kier alpha value is -1.38. The van der Waals surface area contributed by atoms with Crippen LogP contribution in [0.1, 0.15) is 37.0 Å². The van der Waals surface area contributed by atoms with E-state index >= 15 is 0 Å². The minimum atomic E-state index is -0.364. The Labute approximate surface area is 96.1 Å². The summed E-state index contributed by atoms with van der Waals surface area (Å²) in [6, 6.07) is 4.37. The van der Waals surface area contributed by atoms with Gasteiger partial charge in [-0.2, -0.15) is 0 Å². The van der Waals surface area contributed by atoms with Gasteiger partial charge < -0.3 is 4.90 Å². The van der Waals surface area contributed by atoms with Gasteiger partial charge >= 0.3 is 0 Å². The molecule has 0 saturated heterocycles. The largest absolute Gasteiger partial charge is 0.371 e. The fraction of sp³-hybridized carbons (Fsp3) is 0.462. The lowest BCUT2D eigenvalue weighted by atomic mass is 10.1. The zero-order valence-corrected chi connectivity index (χ0v) is 9.87. The van der Waals surface area contributed by atoms with Crippen LogP contribution in [0.3, 0.4) is 0 Å². The van der Waals surface area contributed by atoms with E-state index in [9.17, 15) is 9.18 Å². The first-order valence-corrected chi connectivity index (χ1v) is 5.72. The summed E-state index contributed by atoms with van der Waals surface area (Å²) in [5.41, 5.74) is 1.25. The molecule has 0 aromatic heterocycles. The fourth-order valence-corrected chi connectivity index (χ4v) is 1.71. The van der Waals surface area contributed by atoms with E-state index < -0.39 is 0 Å². The average Bonchev–Trinajstić information content (AvgIpc) is 2.31. The van der Waals surface area contributed by atoms with Crippen LogP contribution >= 0.6 is 0 Å². The van der Waals surface area contributed by atoms with Crippen molar-refractivity contribution in [1.29, 1.82) is 0 Å². The second kappa shape index (κ2) is 6.26. The standard InChI is InChI=1S/C13H18FNO/c1-3-5-8-15(4-2)13-7-6-12(14)9-11(13)10-16/h6-7,9-10H,3-5,8H2,1-2H3. The molecule has 0 heterocycles. The lowest BCUT2D eigenvalue weighted by Gasteiger charge is -2.24. The molecule has 0 fully saturated rings. The molecule has 0 aliphatic carbocycles. The van der Waals surface area contributed by atoms with Crippen molar-refractivity contribution in [2.75, 3.05) is 18.0 Å². The number of aldehydes is 1. The highest BCUT2D eigenvalue weighted by atomic mass is 19.1. The Morgan fingerprint density at radius 1 is 1.38 bits per heavy atom. The number of unbranched alkanes of at least 4 members (excludes halogenated alkanes) is 1. The number of anilines is 1. The van der Waals surface area contributed by atoms with Crippen molar-refractivity contribution in [2.24, 2.45) is 0 Å². The van der Waals surface area contributed by atoms with Gasteiger partial charge in [0, 0.05) is 24.3 Å². The van der Waals surface area contributed by atoms with Crippen LogP contribution in [-0.4, -0.2) is 19.4 Å². The summed E-state index contributed by atoms with van der Waals surface area (Å²) in [5.74, 6) is -0.364. The molecule has 0 N–H and O–H groups in total. The van der Waals surface area contributed by atoms with Crippen LogP contribution in [0, 0.1) is 5.82 Å². The number of hydrogen-bond donors (Lipinski definition) is 0. The molecule has 1 aromatic carbocycles. The predicted octanol–water partition coefficient (Wildman–Crippen LogP) is 3.26. The minimum Gasteiger partial charge on any atom is -0.371 e. The highest BCUT2D eigenvalue weighted by Gasteiger charge is 2.09. The molecular formula is C13H18FNO. The van der Waals surface area contributed by atoms with E-state index in [0.29, 0.717) is 11.8 Å². The molecule has 0 radical (unpaired) electrons. The van der Waals surface area contributed by atoms with Crippen LogP contribution in [0.4, 0.5) is 10.1 Å². The van der Waals surface area contributed by atoms with Crippen molar-refractivity contribution >= 4 is 12.0 Å². The van der Waals surface area contributed by atoms with Gasteiger partial charge in [0.25, 0.3) is 0 Å². The molecule has 1 aromatic rings. The summed E-state index contributed by atoms with van der Waals surface area (Å²) >= 11 is 0. The third kappa shape index (κ3) is 3.05. The Morgan fingerprint density at radius 3 is 2.69 bits per heavy atom. The van der Waals surface area contributed by atoms with E-state index in [1.54, 1.807) is 6.07 Å². The molecule has 0 aliphatic rings. The molecule has 88 valence electrons. The molecule has 1 rings (SSSR count). The van der Waals surface area contributed by atoms with Gasteiger partial charge in [0.15, 0.2) is 6.29 Å². The van der Waals surface area contributed by atoms with E-state index in [1.807, 2.05) is 6.92 Å². The van der Waals surface area contributed by atoms with Gasteiger partial charge in [-0.1, -0.05) is 13.3 Å². The molecule has 0 atom stereocenters. The monoisotopic (exact) mass is 223 g/mol. The molecular weight excluding hydrogens is 205 g/mol. The molecule has 16 heavy (non-hydrogen) atoms. The Morgan fingerprint density at radius 2 is 2.12 bits per heavy atom. The normalized spacial score (nSPS) is 10.2. The number of nitrogens with zero attached hydrogens (tertiary/aromatic N) is 1. The number of carbonyl (C=O) groups excluding carboxylic acids is 1. The zero-order chi connectivity index (χ0) is 12.0. The molecule has 0 saturated carbocycles. The van der Waals surface area contributed by atoms with Crippen molar-refractivity contribution in [3.05, 3.63) is 29.6 Å². The van der Waals surface area contributed by atoms with Gasteiger partial charge in [-0.3, -0.25) is 4.79 Å². The van der Waals surface area contributed by atoms with Gasteiger partial charge in [0.2, 0.25) is 0 Å². The third-order valence-corrected chi connectivity index (χ3v) is 2.62. The van der Waals surface area contributed by atoms with Crippen molar-refractivity contribution in [1.82, 2.24) is 0 Å². The van der Waals surface area contributed by atoms with E-state index in [4.69, 9.17) is 0 Å². The number of halogens is 1. The van der Waals surface area contributed by atoms with Crippen molar-refractivity contribution < 1.29 is 9.18 Å². The van der Waals surface area contributed by atoms with Gasteiger partial charge in [0.05, 0.1) is 0 Å². The van der Waals surface area contributed by atoms with Crippen LogP contribution in [-0.2, 0) is 0 Å². The Bertz CT molecular complexity index is 352. The van der Waals surface area contributed by atoms with Crippen LogP contribution in [0.2, 0.25) is 0 Å². The Kier molecular flexibility index (Phi) is 4.96. The summed E-state index contributed by atoms with van der Waals surface area (Å²) in [5, 5.41) is 0. The van der Waals surface area contributed by atoms with Crippen LogP contribution < -0.4 is 4.90 Å². The van der Waals surface area contributed by atoms with Crippen LogP contribution in [0.15, 0.2) is 18.2 Å². The van der Waals surface area contributed by atoms with Crippen molar-refractivity contribution in [3.63, 3.8) is 0 Å². The number of hydrogen-bond acceptors (Lipinski definition) is 2. The van der Waals surface area contributed by atoms with Crippen LogP contribution in [0.25, 0.3) is 0 Å². The highest BCUT2D eigenvalue weighted by molar-refractivity contribution is 5.84. The molecule has 2 nitrogen and oxygen atoms in total. The second-order valence-corrected chi connectivity index (χ2v) is 3.75. The van der Waals surface area contributed by atoms with Crippen molar-refractivity contribution in [3.8, 4) is 0 Å². The lowest BCUT2D eigenvalue weighted by molar-refractivity contribution is 0.112. The molecule has 3 heteroatoms. The first kappa shape index (κ1) is 12.7. The number of benzene rings is 1. The lowest BCUT2D eigenvalue weighted by Crippen LogP contribution is -2.25. The molecule has 0 aliphatic heterocycles. The predicted molar refractivity (Wildman–Crippen MR) is 64.6 cm³/mol. The third-order valence-electron chi connectivity index (χ3n) is 2.62. The number of rotatable bonds is 6. The number of carbonyl (C=O) groups is 1. The summed E-state index contributed by atoms with van der Waals surface area (Å²) in [7, 11) is 0. The SMILES string of the molecule is CCCCN(CC)c1ccc(F)cc1C=O. The minimum absolute atomic E-state index is 0.364. The highest BCUT2D eigenvalue weighted by Crippen LogP contribution is 2.20. The molecule has 0 unspecified atom stereocenters. The van der Waals surface area contributed by atoms with Crippen molar-refractivity contribution in [2.45, 2.75) is 26.7 Å². The van der Waals surface area contributed by atoms with Gasteiger partial charge in [0.1, 0.15) is 5.82 Å². The summed E-state index contributed by atoms with van der Waals surface area (Å²) in [6.45, 7) is 5.89. The van der Waals surface area contributed by atoms with E-state index in [2.05, 4.69) is 11.8 Å².